The fourth-order valence-electron chi connectivity index (χ4n) is 2.68. The van der Waals surface area contributed by atoms with Crippen LogP contribution in [0.1, 0.15) is 11.1 Å². The second-order valence-corrected chi connectivity index (χ2v) is 7.57. The van der Waals surface area contributed by atoms with Crippen LogP contribution < -0.4 is 23.7 Å². The van der Waals surface area contributed by atoms with E-state index in [-0.39, 0.29) is 11.4 Å². The van der Waals surface area contributed by atoms with Crippen molar-refractivity contribution in [1.29, 1.82) is 0 Å². The van der Waals surface area contributed by atoms with Gasteiger partial charge in [0.1, 0.15) is 10.6 Å². The predicted molar refractivity (Wildman–Crippen MR) is 103 cm³/mol. The molecule has 0 atom stereocenters. The smallest absolute Gasteiger partial charge is 0.244 e. The molecular formula is C19H25NO6S. The van der Waals surface area contributed by atoms with Crippen molar-refractivity contribution in [3.8, 4) is 23.0 Å². The van der Waals surface area contributed by atoms with Crippen molar-refractivity contribution in [2.24, 2.45) is 0 Å². The molecule has 0 saturated heterocycles. The van der Waals surface area contributed by atoms with E-state index in [0.29, 0.717) is 29.4 Å². The van der Waals surface area contributed by atoms with Crippen LogP contribution >= 0.6 is 0 Å². The third-order valence-electron chi connectivity index (χ3n) is 4.04. The average molecular weight is 395 g/mol. The van der Waals surface area contributed by atoms with Crippen molar-refractivity contribution in [1.82, 2.24) is 4.72 Å². The maximum Gasteiger partial charge on any atom is 0.244 e. The Labute approximate surface area is 160 Å². The molecule has 0 spiro atoms. The Bertz CT molecular complexity index is 870. The molecule has 2 rings (SSSR count). The summed E-state index contributed by atoms with van der Waals surface area (Å²) in [6.07, 6.45) is 0.448. The number of hydrogen-bond acceptors (Lipinski definition) is 6. The molecule has 0 aliphatic heterocycles. The third-order valence-corrected chi connectivity index (χ3v) is 5.52. The van der Waals surface area contributed by atoms with Gasteiger partial charge >= 0.3 is 0 Å². The van der Waals surface area contributed by atoms with Crippen LogP contribution in [-0.2, 0) is 16.4 Å². The third kappa shape index (κ3) is 4.84. The van der Waals surface area contributed by atoms with Crippen molar-refractivity contribution < 1.29 is 27.4 Å². The van der Waals surface area contributed by atoms with Crippen LogP contribution in [-0.4, -0.2) is 43.4 Å². The lowest BCUT2D eigenvalue weighted by atomic mass is 10.1. The van der Waals surface area contributed by atoms with Crippen LogP contribution in [0.2, 0.25) is 0 Å². The van der Waals surface area contributed by atoms with Gasteiger partial charge in [-0.1, -0.05) is 6.07 Å². The van der Waals surface area contributed by atoms with E-state index in [2.05, 4.69) is 4.72 Å². The summed E-state index contributed by atoms with van der Waals surface area (Å²) in [5.41, 5.74) is 1.68. The molecule has 148 valence electrons. The molecular weight excluding hydrogens is 370 g/mol. The fourth-order valence-corrected chi connectivity index (χ4v) is 3.96. The minimum Gasteiger partial charge on any atom is -0.495 e. The summed E-state index contributed by atoms with van der Waals surface area (Å²) in [5, 5.41) is 0. The summed E-state index contributed by atoms with van der Waals surface area (Å²) in [6.45, 7) is 2.03. The summed E-state index contributed by atoms with van der Waals surface area (Å²) >= 11 is 0. The first kappa shape index (κ1) is 20.9. The van der Waals surface area contributed by atoms with E-state index in [4.69, 9.17) is 18.9 Å². The molecule has 8 heteroatoms. The molecule has 0 saturated carbocycles. The molecule has 0 heterocycles. The highest BCUT2D eigenvalue weighted by Crippen LogP contribution is 2.38. The largest absolute Gasteiger partial charge is 0.495 e. The summed E-state index contributed by atoms with van der Waals surface area (Å²) in [4.78, 5) is 0.120. The molecule has 27 heavy (non-hydrogen) atoms. The van der Waals surface area contributed by atoms with Crippen LogP contribution in [0.15, 0.2) is 35.2 Å². The lowest BCUT2D eigenvalue weighted by Gasteiger charge is -2.15. The maximum absolute atomic E-state index is 12.6. The molecule has 0 fully saturated rings. The molecule has 0 aliphatic rings. The summed E-state index contributed by atoms with van der Waals surface area (Å²) < 4.78 is 49.0. The van der Waals surface area contributed by atoms with E-state index in [0.717, 1.165) is 11.1 Å². The molecule has 0 bridgehead atoms. The van der Waals surface area contributed by atoms with E-state index >= 15 is 0 Å². The van der Waals surface area contributed by atoms with Gasteiger partial charge in [0.2, 0.25) is 15.8 Å². The molecule has 2 aromatic carbocycles. The molecule has 7 nitrogen and oxygen atoms in total. The zero-order chi connectivity index (χ0) is 20.0. The van der Waals surface area contributed by atoms with Gasteiger partial charge in [-0.15, -0.1) is 0 Å². The Hall–Kier alpha value is -2.45. The SMILES string of the molecule is COc1ccc(C)cc1S(=O)(=O)NCCc1cc(OC)c(OC)c(OC)c1. The number of aryl methyl sites for hydroxylation is 1. The van der Waals surface area contributed by atoms with E-state index < -0.39 is 10.0 Å². The Balaban J connectivity index is 2.17. The molecule has 1 N–H and O–H groups in total. The number of benzene rings is 2. The topological polar surface area (TPSA) is 83.1 Å². The first-order chi connectivity index (χ1) is 12.9. The van der Waals surface area contributed by atoms with Gasteiger partial charge in [0, 0.05) is 6.54 Å². The number of nitrogens with one attached hydrogen (secondary N) is 1. The Morgan fingerprint density at radius 3 is 1.96 bits per heavy atom. The van der Waals surface area contributed by atoms with E-state index in [1.165, 1.54) is 28.4 Å². The molecule has 2 aromatic rings. The lowest BCUT2D eigenvalue weighted by molar-refractivity contribution is 0.324. The minimum absolute atomic E-state index is 0.120. The van der Waals surface area contributed by atoms with Gasteiger partial charge in [-0.25, -0.2) is 13.1 Å². The maximum atomic E-state index is 12.6. The Morgan fingerprint density at radius 1 is 0.852 bits per heavy atom. The first-order valence-electron chi connectivity index (χ1n) is 8.29. The van der Waals surface area contributed by atoms with Crippen molar-refractivity contribution in [2.75, 3.05) is 35.0 Å². The zero-order valence-corrected chi connectivity index (χ0v) is 17.0. The summed E-state index contributed by atoms with van der Waals surface area (Å²) in [5.74, 6) is 1.85. The van der Waals surface area contributed by atoms with Crippen LogP contribution in [0, 0.1) is 6.92 Å². The zero-order valence-electron chi connectivity index (χ0n) is 16.2. The predicted octanol–water partition coefficient (Wildman–Crippen LogP) is 2.55. The molecule has 0 radical (unpaired) electrons. The van der Waals surface area contributed by atoms with Crippen LogP contribution in [0.3, 0.4) is 0 Å². The van der Waals surface area contributed by atoms with Gasteiger partial charge in [0.05, 0.1) is 28.4 Å². The van der Waals surface area contributed by atoms with Crippen molar-refractivity contribution >= 4 is 10.0 Å². The molecule has 0 aromatic heterocycles. The van der Waals surface area contributed by atoms with Crippen LogP contribution in [0.4, 0.5) is 0 Å². The van der Waals surface area contributed by atoms with Gasteiger partial charge < -0.3 is 18.9 Å². The van der Waals surface area contributed by atoms with Gasteiger partial charge in [-0.05, 0) is 48.7 Å². The quantitative estimate of drug-likeness (QED) is 0.703. The second kappa shape index (κ2) is 8.96. The summed E-state index contributed by atoms with van der Waals surface area (Å²) in [7, 11) is 2.34. The first-order valence-corrected chi connectivity index (χ1v) is 9.77. The number of sulfonamides is 1. The molecule has 0 aliphatic carbocycles. The van der Waals surface area contributed by atoms with Gasteiger partial charge in [-0.3, -0.25) is 0 Å². The van der Waals surface area contributed by atoms with Crippen LogP contribution in [0.25, 0.3) is 0 Å². The van der Waals surface area contributed by atoms with Gasteiger partial charge in [-0.2, -0.15) is 0 Å². The summed E-state index contributed by atoms with van der Waals surface area (Å²) in [6, 6.07) is 8.61. The molecule has 0 unspecified atom stereocenters. The van der Waals surface area contributed by atoms with Crippen molar-refractivity contribution in [2.45, 2.75) is 18.2 Å². The number of rotatable bonds is 9. The van der Waals surface area contributed by atoms with Gasteiger partial charge in [0.15, 0.2) is 11.5 Å². The number of hydrogen-bond donors (Lipinski definition) is 1. The monoisotopic (exact) mass is 395 g/mol. The van der Waals surface area contributed by atoms with Crippen molar-refractivity contribution in [3.63, 3.8) is 0 Å². The average Bonchev–Trinajstić information content (AvgIpc) is 2.66. The standard InChI is InChI=1S/C19H25NO6S/c1-13-6-7-15(23-2)18(10-13)27(21,22)20-9-8-14-11-16(24-3)19(26-5)17(12-14)25-4/h6-7,10-12,20H,8-9H2,1-5H3. The highest BCUT2D eigenvalue weighted by molar-refractivity contribution is 7.89. The second-order valence-electron chi connectivity index (χ2n) is 5.84. The fraction of sp³-hybridized carbons (Fsp3) is 0.368. The highest BCUT2D eigenvalue weighted by atomic mass is 32.2. The Kier molecular flexibility index (Phi) is 6.92. The van der Waals surface area contributed by atoms with Crippen molar-refractivity contribution in [3.05, 3.63) is 41.5 Å². The Morgan fingerprint density at radius 2 is 1.44 bits per heavy atom. The lowest BCUT2D eigenvalue weighted by Crippen LogP contribution is -2.26. The normalized spacial score (nSPS) is 11.1. The minimum atomic E-state index is -3.70. The molecule has 0 amide bonds. The van der Waals surface area contributed by atoms with Gasteiger partial charge in [0.25, 0.3) is 0 Å². The van der Waals surface area contributed by atoms with E-state index in [1.807, 2.05) is 6.92 Å². The number of ether oxygens (including phenoxy) is 4. The highest BCUT2D eigenvalue weighted by Gasteiger charge is 2.20. The van der Waals surface area contributed by atoms with Crippen LogP contribution in [0.5, 0.6) is 23.0 Å². The number of methoxy groups -OCH3 is 4. The van der Waals surface area contributed by atoms with E-state index in [9.17, 15) is 8.42 Å². The van der Waals surface area contributed by atoms with E-state index in [1.54, 1.807) is 30.3 Å².